The SMILES string of the molecule is CC1=C(C(=O)OC[C@@H]2CCCO2)[C@H](c2cccs2)C2=C(C[C@@H](c3ccco3)CC2=O)N1. The van der Waals surface area contributed by atoms with E-state index in [0.29, 0.717) is 30.6 Å². The second-order valence-electron chi connectivity index (χ2n) is 8.28. The van der Waals surface area contributed by atoms with Crippen molar-refractivity contribution in [2.75, 3.05) is 13.2 Å². The van der Waals surface area contributed by atoms with Crippen molar-refractivity contribution in [1.29, 1.82) is 0 Å². The number of ketones is 1. The summed E-state index contributed by atoms with van der Waals surface area (Å²) in [5.41, 5.74) is 2.82. The van der Waals surface area contributed by atoms with Gasteiger partial charge >= 0.3 is 5.97 Å². The number of esters is 1. The Morgan fingerprint density at radius 1 is 1.29 bits per heavy atom. The fourth-order valence-electron chi connectivity index (χ4n) is 4.80. The summed E-state index contributed by atoms with van der Waals surface area (Å²) in [6.07, 6.45) is 4.53. The summed E-state index contributed by atoms with van der Waals surface area (Å²) >= 11 is 1.55. The first-order chi connectivity index (χ1) is 15.1. The maximum Gasteiger partial charge on any atom is 0.336 e. The fourth-order valence-corrected chi connectivity index (χ4v) is 5.64. The molecule has 0 bridgehead atoms. The standard InChI is InChI=1S/C24H25NO5S/c1-14-21(24(27)30-13-16-5-2-8-28-16)23(20-7-4-10-31-20)22-17(25-14)11-15(12-18(22)26)19-6-3-9-29-19/h3-4,6-7,9-10,15-16,23,25H,2,5,8,11-13H2,1H3/t15-,16+,23+/m1/s1. The Bertz CT molecular complexity index is 1030. The van der Waals surface area contributed by atoms with Crippen molar-refractivity contribution < 1.29 is 23.5 Å². The molecule has 2 aromatic rings. The van der Waals surface area contributed by atoms with Crippen molar-refractivity contribution >= 4 is 23.1 Å². The second-order valence-corrected chi connectivity index (χ2v) is 9.26. The number of furan rings is 1. The molecule has 162 valence electrons. The molecule has 2 aliphatic heterocycles. The normalized spacial score (nSPS) is 26.1. The zero-order chi connectivity index (χ0) is 21.4. The van der Waals surface area contributed by atoms with E-state index in [1.807, 2.05) is 36.6 Å². The summed E-state index contributed by atoms with van der Waals surface area (Å²) < 4.78 is 16.8. The molecular weight excluding hydrogens is 414 g/mol. The summed E-state index contributed by atoms with van der Waals surface area (Å²) in [4.78, 5) is 27.5. The van der Waals surface area contributed by atoms with Crippen LogP contribution >= 0.6 is 11.3 Å². The number of thiophene rings is 1. The third-order valence-electron chi connectivity index (χ3n) is 6.25. The lowest BCUT2D eigenvalue weighted by Gasteiger charge is -2.35. The monoisotopic (exact) mass is 439 g/mol. The van der Waals surface area contributed by atoms with Crippen LogP contribution in [0, 0.1) is 0 Å². The van der Waals surface area contributed by atoms with E-state index in [1.54, 1.807) is 17.6 Å². The molecule has 0 spiro atoms. The van der Waals surface area contributed by atoms with E-state index in [2.05, 4.69) is 5.32 Å². The molecule has 1 saturated heterocycles. The Kier molecular flexibility index (Phi) is 5.54. The van der Waals surface area contributed by atoms with E-state index in [4.69, 9.17) is 13.9 Å². The van der Waals surface area contributed by atoms with Gasteiger partial charge in [-0.1, -0.05) is 6.07 Å². The summed E-state index contributed by atoms with van der Waals surface area (Å²) in [5, 5.41) is 5.33. The number of nitrogens with one attached hydrogen (secondary N) is 1. The highest BCUT2D eigenvalue weighted by molar-refractivity contribution is 7.10. The van der Waals surface area contributed by atoms with Gasteiger partial charge in [0.25, 0.3) is 0 Å². The van der Waals surface area contributed by atoms with Gasteiger partial charge in [0.15, 0.2) is 5.78 Å². The number of dihydropyridines is 1. The van der Waals surface area contributed by atoms with Crippen LogP contribution in [0.15, 0.2) is 62.9 Å². The Morgan fingerprint density at radius 2 is 2.19 bits per heavy atom. The van der Waals surface area contributed by atoms with Gasteiger partial charge in [-0.05, 0) is 49.8 Å². The number of ether oxygens (including phenoxy) is 2. The summed E-state index contributed by atoms with van der Waals surface area (Å²) in [5.74, 6) is 0.0755. The molecule has 3 atom stereocenters. The lowest BCUT2D eigenvalue weighted by Crippen LogP contribution is -2.36. The van der Waals surface area contributed by atoms with Gasteiger partial charge in [-0.15, -0.1) is 11.3 Å². The molecule has 6 nitrogen and oxygen atoms in total. The van der Waals surface area contributed by atoms with Gasteiger partial charge in [-0.3, -0.25) is 4.79 Å². The van der Waals surface area contributed by atoms with Gasteiger partial charge in [0.2, 0.25) is 0 Å². The van der Waals surface area contributed by atoms with Crippen LogP contribution in [-0.2, 0) is 19.1 Å². The Balaban J connectivity index is 1.46. The predicted molar refractivity (Wildman–Crippen MR) is 116 cm³/mol. The molecule has 2 aromatic heterocycles. The van der Waals surface area contributed by atoms with Gasteiger partial charge in [0.05, 0.1) is 23.9 Å². The Morgan fingerprint density at radius 3 is 2.90 bits per heavy atom. The number of allylic oxidation sites excluding steroid dienone is 3. The predicted octanol–water partition coefficient (Wildman–Crippen LogP) is 4.42. The third-order valence-corrected chi connectivity index (χ3v) is 7.18. The summed E-state index contributed by atoms with van der Waals surface area (Å²) in [7, 11) is 0. The number of rotatable bonds is 5. The van der Waals surface area contributed by atoms with Crippen LogP contribution in [0.25, 0.3) is 0 Å². The summed E-state index contributed by atoms with van der Waals surface area (Å²) in [6.45, 7) is 2.84. The lowest BCUT2D eigenvalue weighted by molar-refractivity contribution is -0.142. The van der Waals surface area contributed by atoms with Gasteiger partial charge in [0, 0.05) is 40.8 Å². The second kappa shape index (κ2) is 8.48. The summed E-state index contributed by atoms with van der Waals surface area (Å²) in [6, 6.07) is 7.70. The first kappa shape index (κ1) is 20.3. The van der Waals surface area contributed by atoms with Crippen LogP contribution in [0.5, 0.6) is 0 Å². The number of carbonyl (C=O) groups is 2. The molecule has 1 aliphatic carbocycles. The molecule has 1 N–H and O–H groups in total. The number of hydrogen-bond acceptors (Lipinski definition) is 7. The van der Waals surface area contributed by atoms with Gasteiger partial charge in [0.1, 0.15) is 12.4 Å². The average molecular weight is 440 g/mol. The van der Waals surface area contributed by atoms with Crippen molar-refractivity contribution in [2.45, 2.75) is 50.5 Å². The van der Waals surface area contributed by atoms with Gasteiger partial charge < -0.3 is 19.2 Å². The van der Waals surface area contributed by atoms with Crippen molar-refractivity contribution in [1.82, 2.24) is 5.32 Å². The number of carbonyl (C=O) groups excluding carboxylic acids is 2. The van der Waals surface area contributed by atoms with E-state index < -0.39 is 5.92 Å². The highest BCUT2D eigenvalue weighted by Crippen LogP contribution is 2.46. The maximum absolute atomic E-state index is 13.4. The van der Waals surface area contributed by atoms with E-state index in [9.17, 15) is 9.59 Å². The molecule has 0 radical (unpaired) electrons. The Hall–Kier alpha value is -2.64. The molecule has 0 saturated carbocycles. The van der Waals surface area contributed by atoms with Crippen LogP contribution in [0.4, 0.5) is 0 Å². The largest absolute Gasteiger partial charge is 0.469 e. The van der Waals surface area contributed by atoms with E-state index in [0.717, 1.165) is 34.9 Å². The highest BCUT2D eigenvalue weighted by Gasteiger charge is 2.42. The van der Waals surface area contributed by atoms with E-state index in [-0.39, 0.29) is 30.4 Å². The van der Waals surface area contributed by atoms with Gasteiger partial charge in [-0.2, -0.15) is 0 Å². The molecule has 7 heteroatoms. The minimum atomic E-state index is -0.404. The molecule has 5 rings (SSSR count). The minimum absolute atomic E-state index is 0.00134. The van der Waals surface area contributed by atoms with Crippen molar-refractivity contribution in [3.05, 3.63) is 69.1 Å². The van der Waals surface area contributed by atoms with Crippen LogP contribution in [0.1, 0.15) is 55.1 Å². The molecule has 0 aromatic carbocycles. The minimum Gasteiger partial charge on any atom is -0.469 e. The molecule has 3 aliphatic rings. The molecule has 4 heterocycles. The van der Waals surface area contributed by atoms with Crippen molar-refractivity contribution in [3.63, 3.8) is 0 Å². The number of hydrogen-bond donors (Lipinski definition) is 1. The van der Waals surface area contributed by atoms with Crippen LogP contribution in [-0.4, -0.2) is 31.1 Å². The van der Waals surface area contributed by atoms with E-state index >= 15 is 0 Å². The molecule has 0 unspecified atom stereocenters. The maximum atomic E-state index is 13.4. The molecule has 31 heavy (non-hydrogen) atoms. The zero-order valence-electron chi connectivity index (χ0n) is 17.4. The quantitative estimate of drug-likeness (QED) is 0.695. The molecule has 1 fully saturated rings. The van der Waals surface area contributed by atoms with Crippen molar-refractivity contribution in [2.24, 2.45) is 0 Å². The highest BCUT2D eigenvalue weighted by atomic mass is 32.1. The molecule has 0 amide bonds. The zero-order valence-corrected chi connectivity index (χ0v) is 18.2. The van der Waals surface area contributed by atoms with E-state index in [1.165, 1.54) is 0 Å². The first-order valence-corrected chi connectivity index (χ1v) is 11.6. The van der Waals surface area contributed by atoms with Crippen LogP contribution in [0.3, 0.4) is 0 Å². The third kappa shape index (κ3) is 3.88. The number of Topliss-reactive ketones (excluding diaryl/α,β-unsaturated/α-hetero) is 1. The lowest BCUT2D eigenvalue weighted by atomic mass is 9.74. The van der Waals surface area contributed by atoms with Crippen molar-refractivity contribution in [3.8, 4) is 0 Å². The fraction of sp³-hybridized carbons (Fsp3) is 0.417. The molecular formula is C24H25NO5S. The topological polar surface area (TPSA) is 77.8 Å². The van der Waals surface area contributed by atoms with Gasteiger partial charge in [-0.25, -0.2) is 4.79 Å². The first-order valence-electron chi connectivity index (χ1n) is 10.7. The van der Waals surface area contributed by atoms with Crippen LogP contribution in [0.2, 0.25) is 0 Å². The van der Waals surface area contributed by atoms with Crippen LogP contribution < -0.4 is 5.32 Å². The average Bonchev–Trinajstić information content (AvgIpc) is 3.54. The Labute approximate surface area is 184 Å². The smallest absolute Gasteiger partial charge is 0.336 e.